The molecule has 0 fully saturated rings. The smallest absolute Gasteiger partial charge is 0.183 e. The molecule has 2 unspecified atom stereocenters. The molecule has 0 amide bonds. The van der Waals surface area contributed by atoms with Crippen LogP contribution < -0.4 is 9.47 Å². The summed E-state index contributed by atoms with van der Waals surface area (Å²) in [6.45, 7) is 5.82. The van der Waals surface area contributed by atoms with Gasteiger partial charge in [-0.25, -0.2) is 8.42 Å². The third-order valence-corrected chi connectivity index (χ3v) is 8.66. The van der Waals surface area contributed by atoms with Gasteiger partial charge in [-0.2, -0.15) is 5.06 Å². The first-order chi connectivity index (χ1) is 14.3. The van der Waals surface area contributed by atoms with Gasteiger partial charge in [0.2, 0.25) is 0 Å². The van der Waals surface area contributed by atoms with Crippen LogP contribution in [0.2, 0.25) is 0 Å². The summed E-state index contributed by atoms with van der Waals surface area (Å²) in [5, 5.41) is 11.9. The number of hydroxylamine groups is 2. The molecule has 0 radical (unpaired) electrons. The van der Waals surface area contributed by atoms with Gasteiger partial charge in [0.05, 0.1) is 36.4 Å². The van der Waals surface area contributed by atoms with E-state index in [1.165, 1.54) is 19.3 Å². The van der Waals surface area contributed by atoms with Crippen LogP contribution in [0.25, 0.3) is 0 Å². The van der Waals surface area contributed by atoms with E-state index in [0.717, 1.165) is 5.56 Å². The molecule has 30 heavy (non-hydrogen) atoms. The maximum absolute atomic E-state index is 13.9. The minimum Gasteiger partial charge on any atom is -0.493 e. The normalized spacial score (nSPS) is 24.5. The van der Waals surface area contributed by atoms with Crippen LogP contribution in [0.3, 0.4) is 0 Å². The van der Waals surface area contributed by atoms with Crippen LogP contribution in [0.4, 0.5) is 0 Å². The molecule has 2 aromatic carbocycles. The highest BCUT2D eigenvalue weighted by Gasteiger charge is 2.47. The van der Waals surface area contributed by atoms with Gasteiger partial charge in [-0.3, -0.25) is 0 Å². The Kier molecular flexibility index (Phi) is 6.75. The molecule has 6 nitrogen and oxygen atoms in total. The van der Waals surface area contributed by atoms with E-state index in [1.54, 1.807) is 12.1 Å². The number of sulfone groups is 1. The van der Waals surface area contributed by atoms with Crippen LogP contribution in [-0.2, 0) is 9.84 Å². The average molecular weight is 434 g/mol. The number of hydrogen-bond acceptors (Lipinski definition) is 6. The highest BCUT2D eigenvalue weighted by atomic mass is 32.2. The highest BCUT2D eigenvalue weighted by molar-refractivity contribution is 7.92. The van der Waals surface area contributed by atoms with E-state index < -0.39 is 27.2 Å². The predicted octanol–water partition coefficient (Wildman–Crippen LogP) is 4.47. The molecule has 0 aromatic heterocycles. The maximum atomic E-state index is 13.9. The van der Waals surface area contributed by atoms with Gasteiger partial charge in [0.15, 0.2) is 21.3 Å². The molecule has 2 aromatic rings. The summed E-state index contributed by atoms with van der Waals surface area (Å²) in [6.07, 6.45) is 1.18. The zero-order valence-electron chi connectivity index (χ0n) is 18.2. The van der Waals surface area contributed by atoms with Crippen molar-refractivity contribution in [3.05, 3.63) is 53.6 Å². The van der Waals surface area contributed by atoms with Crippen molar-refractivity contribution < 1.29 is 23.1 Å². The Morgan fingerprint density at radius 2 is 1.67 bits per heavy atom. The molecule has 1 heterocycles. The molecule has 1 aliphatic rings. The van der Waals surface area contributed by atoms with E-state index >= 15 is 0 Å². The largest absolute Gasteiger partial charge is 0.493 e. The number of nitrogens with zero attached hydrogens (tertiary/aromatic N) is 1. The second-order valence-corrected chi connectivity index (χ2v) is 9.88. The summed E-state index contributed by atoms with van der Waals surface area (Å²) >= 11 is 0. The molecule has 1 aliphatic heterocycles. The summed E-state index contributed by atoms with van der Waals surface area (Å²) < 4.78 is 38.8. The number of ether oxygens (including phenoxy) is 2. The summed E-state index contributed by atoms with van der Waals surface area (Å²) in [4.78, 5) is 0.189. The zero-order chi connectivity index (χ0) is 22.1. The molecule has 0 aliphatic carbocycles. The van der Waals surface area contributed by atoms with E-state index in [9.17, 15) is 13.6 Å². The van der Waals surface area contributed by atoms with Crippen LogP contribution in [-0.4, -0.2) is 44.2 Å². The van der Waals surface area contributed by atoms with Crippen LogP contribution in [0, 0.1) is 5.92 Å². The molecule has 7 heteroatoms. The fourth-order valence-corrected chi connectivity index (χ4v) is 7.08. The van der Waals surface area contributed by atoms with Crippen molar-refractivity contribution in [2.75, 3.05) is 14.2 Å². The molecule has 0 saturated heterocycles. The molecule has 4 atom stereocenters. The number of rotatable bonds is 6. The average Bonchev–Trinajstić information content (AvgIpc) is 2.83. The summed E-state index contributed by atoms with van der Waals surface area (Å²) in [6, 6.07) is 11.5. The van der Waals surface area contributed by atoms with Crippen molar-refractivity contribution in [1.29, 1.82) is 0 Å². The summed E-state index contributed by atoms with van der Waals surface area (Å²) in [5.41, 5.74) is 1.30. The van der Waals surface area contributed by atoms with Crippen molar-refractivity contribution in [3.8, 4) is 11.5 Å². The second kappa shape index (κ2) is 8.96. The molecule has 3 rings (SSSR count). The van der Waals surface area contributed by atoms with Crippen LogP contribution in [0.15, 0.2) is 47.4 Å². The van der Waals surface area contributed by atoms with Gasteiger partial charge < -0.3 is 14.7 Å². The standard InChI is InChI=1S/C23H31NO5S/c1-6-15(3)23-18(7-2)24(25)22(16-11-9-8-10-12-16)17-13-19(28-4)20(29-5)14-21(17)30(23,26)27/h8-15,18,22-23,25H,6-7H2,1-5H3/t15?,18-,22-,23?/m1/s1. The van der Waals surface area contributed by atoms with E-state index in [0.29, 0.717) is 29.9 Å². The van der Waals surface area contributed by atoms with Crippen LogP contribution >= 0.6 is 0 Å². The van der Waals surface area contributed by atoms with E-state index in [-0.39, 0.29) is 10.8 Å². The molecule has 164 valence electrons. The Labute approximate surface area is 179 Å². The second-order valence-electron chi connectivity index (χ2n) is 7.81. The van der Waals surface area contributed by atoms with E-state index in [2.05, 4.69) is 0 Å². The third kappa shape index (κ3) is 3.70. The van der Waals surface area contributed by atoms with Gasteiger partial charge in [0.1, 0.15) is 0 Å². The fourth-order valence-electron chi connectivity index (χ4n) is 4.48. The molecular weight excluding hydrogens is 402 g/mol. The lowest BCUT2D eigenvalue weighted by Gasteiger charge is -2.36. The Hall–Kier alpha value is -2.09. The lowest BCUT2D eigenvalue weighted by Crippen LogP contribution is -2.47. The molecule has 0 saturated carbocycles. The molecule has 0 spiro atoms. The van der Waals surface area contributed by atoms with Gasteiger partial charge >= 0.3 is 0 Å². The Bertz CT molecular complexity index is 977. The van der Waals surface area contributed by atoms with E-state index in [1.807, 2.05) is 51.1 Å². The lowest BCUT2D eigenvalue weighted by atomic mass is 9.92. The fraction of sp³-hybridized carbons (Fsp3) is 0.478. The lowest BCUT2D eigenvalue weighted by molar-refractivity contribution is -0.154. The van der Waals surface area contributed by atoms with Gasteiger partial charge in [-0.15, -0.1) is 0 Å². The minimum atomic E-state index is -3.76. The van der Waals surface area contributed by atoms with Gasteiger partial charge in [0, 0.05) is 6.07 Å². The van der Waals surface area contributed by atoms with Crippen molar-refractivity contribution in [1.82, 2.24) is 5.06 Å². The quantitative estimate of drug-likeness (QED) is 0.725. The Morgan fingerprint density at radius 1 is 1.07 bits per heavy atom. The molecular formula is C23H31NO5S. The summed E-state index contributed by atoms with van der Waals surface area (Å²) in [5.74, 6) is 0.648. The molecule has 1 N–H and O–H groups in total. The third-order valence-electron chi connectivity index (χ3n) is 6.20. The predicted molar refractivity (Wildman–Crippen MR) is 116 cm³/mol. The number of benzene rings is 2. The highest BCUT2D eigenvalue weighted by Crippen LogP contribution is 2.46. The first-order valence-corrected chi connectivity index (χ1v) is 11.9. The van der Waals surface area contributed by atoms with Crippen LogP contribution in [0.1, 0.15) is 50.8 Å². The number of fused-ring (bicyclic) bond motifs is 1. The number of methoxy groups -OCH3 is 2. The van der Waals surface area contributed by atoms with Crippen molar-refractivity contribution in [3.63, 3.8) is 0 Å². The SMILES string of the molecule is CCC(C)C1[C@@H](CC)N(O)[C@H](c2ccccc2)c2cc(OC)c(OC)cc2S1(=O)=O. The monoisotopic (exact) mass is 433 g/mol. The first kappa shape index (κ1) is 22.6. The van der Waals surface area contributed by atoms with Crippen molar-refractivity contribution in [2.45, 2.75) is 55.8 Å². The molecule has 0 bridgehead atoms. The Balaban J connectivity index is 2.40. The summed E-state index contributed by atoms with van der Waals surface area (Å²) in [7, 11) is -0.758. The van der Waals surface area contributed by atoms with E-state index in [4.69, 9.17) is 9.47 Å². The van der Waals surface area contributed by atoms with Crippen molar-refractivity contribution in [2.24, 2.45) is 5.92 Å². The van der Waals surface area contributed by atoms with Gasteiger partial charge in [-0.05, 0) is 29.5 Å². The topological polar surface area (TPSA) is 76.1 Å². The van der Waals surface area contributed by atoms with Gasteiger partial charge in [-0.1, -0.05) is 57.5 Å². The van der Waals surface area contributed by atoms with Gasteiger partial charge in [0.25, 0.3) is 0 Å². The Morgan fingerprint density at radius 3 is 2.20 bits per heavy atom. The maximum Gasteiger partial charge on any atom is 0.183 e. The first-order valence-electron chi connectivity index (χ1n) is 10.3. The minimum absolute atomic E-state index is 0.134. The number of hydrogen-bond donors (Lipinski definition) is 1. The zero-order valence-corrected chi connectivity index (χ0v) is 19.0. The van der Waals surface area contributed by atoms with Crippen LogP contribution in [0.5, 0.6) is 11.5 Å². The van der Waals surface area contributed by atoms with Crippen molar-refractivity contribution >= 4 is 9.84 Å².